The third kappa shape index (κ3) is 3.82. The van der Waals surface area contributed by atoms with E-state index in [9.17, 15) is 9.59 Å². The van der Waals surface area contributed by atoms with Crippen LogP contribution in [-0.2, 0) is 16.1 Å². The highest BCUT2D eigenvalue weighted by Crippen LogP contribution is 2.40. The maximum absolute atomic E-state index is 12.5. The average Bonchev–Trinajstić information content (AvgIpc) is 3.38. The number of aryl methyl sites for hydroxylation is 1. The van der Waals surface area contributed by atoms with Crippen molar-refractivity contribution in [2.24, 2.45) is 11.8 Å². The summed E-state index contributed by atoms with van der Waals surface area (Å²) < 4.78 is 0. The Labute approximate surface area is 142 Å². The van der Waals surface area contributed by atoms with Crippen molar-refractivity contribution in [3.8, 4) is 0 Å². The van der Waals surface area contributed by atoms with Gasteiger partial charge in [-0.25, -0.2) is 0 Å². The number of carbonyl (C=O) groups is 2. The summed E-state index contributed by atoms with van der Waals surface area (Å²) >= 11 is 0. The zero-order chi connectivity index (χ0) is 17.1. The highest BCUT2D eigenvalue weighted by molar-refractivity contribution is 5.99. The quantitative estimate of drug-likeness (QED) is 0.919. The summed E-state index contributed by atoms with van der Waals surface area (Å²) in [5, 5.41) is 2.89. The van der Waals surface area contributed by atoms with Crippen LogP contribution in [0.3, 0.4) is 0 Å². The molecule has 0 radical (unpaired) electrons. The van der Waals surface area contributed by atoms with E-state index >= 15 is 0 Å². The molecule has 1 aliphatic carbocycles. The van der Waals surface area contributed by atoms with Crippen molar-refractivity contribution in [1.29, 1.82) is 0 Å². The lowest BCUT2D eigenvalue weighted by molar-refractivity contribution is -0.133. The maximum atomic E-state index is 12.5. The largest absolute Gasteiger partial charge is 0.341 e. The monoisotopic (exact) mass is 322 g/mol. The molecule has 0 saturated heterocycles. The Balaban J connectivity index is 1.53. The molecule has 1 N–H and O–H groups in total. The normalized spacial score (nSPS) is 18.8. The van der Waals surface area contributed by atoms with Crippen molar-refractivity contribution in [3.63, 3.8) is 0 Å². The second-order valence-electron chi connectivity index (χ2n) is 6.48. The van der Waals surface area contributed by atoms with Crippen molar-refractivity contribution in [2.75, 3.05) is 12.4 Å². The summed E-state index contributed by atoms with van der Waals surface area (Å²) in [5.41, 5.74) is 3.02. The van der Waals surface area contributed by atoms with Crippen LogP contribution >= 0.6 is 0 Å². The Morgan fingerprint density at radius 3 is 2.38 bits per heavy atom. The van der Waals surface area contributed by atoms with E-state index in [1.54, 1.807) is 11.9 Å². The fourth-order valence-corrected chi connectivity index (χ4v) is 2.85. The average molecular weight is 322 g/mol. The molecule has 24 heavy (non-hydrogen) atoms. The molecule has 4 heteroatoms. The summed E-state index contributed by atoms with van der Waals surface area (Å²) in [4.78, 5) is 26.4. The van der Waals surface area contributed by atoms with E-state index in [0.29, 0.717) is 13.0 Å². The van der Waals surface area contributed by atoms with Gasteiger partial charge in [0.1, 0.15) is 0 Å². The van der Waals surface area contributed by atoms with Gasteiger partial charge in [0.05, 0.1) is 11.8 Å². The number of nitrogens with zero attached hydrogens (tertiary/aromatic N) is 1. The molecule has 2 atom stereocenters. The maximum Gasteiger partial charge on any atom is 0.228 e. The van der Waals surface area contributed by atoms with Crippen LogP contribution < -0.4 is 5.32 Å². The lowest BCUT2D eigenvalue weighted by Gasteiger charge is -2.17. The second kappa shape index (κ2) is 6.87. The molecule has 3 rings (SSSR count). The number of benzene rings is 2. The minimum atomic E-state index is -0.211. The van der Waals surface area contributed by atoms with E-state index in [2.05, 4.69) is 5.32 Å². The number of hydrogen-bond donors (Lipinski definition) is 1. The molecule has 1 aliphatic rings. The number of carbonyl (C=O) groups excluding carboxylic acids is 2. The van der Waals surface area contributed by atoms with Gasteiger partial charge in [-0.2, -0.15) is 0 Å². The summed E-state index contributed by atoms with van der Waals surface area (Å²) in [6.45, 7) is 2.58. The van der Waals surface area contributed by atoms with Crippen molar-refractivity contribution in [2.45, 2.75) is 19.9 Å². The molecule has 0 bridgehead atoms. The molecule has 1 saturated carbocycles. The highest BCUT2D eigenvalue weighted by atomic mass is 16.2. The lowest BCUT2D eigenvalue weighted by Crippen LogP contribution is -2.29. The van der Waals surface area contributed by atoms with E-state index < -0.39 is 0 Å². The Morgan fingerprint density at radius 1 is 1.04 bits per heavy atom. The molecular formula is C20H22N2O2. The van der Waals surface area contributed by atoms with Crippen LogP contribution in [0.1, 0.15) is 17.5 Å². The SMILES string of the molecule is Cc1ccc(NC(=O)C2CC2C(=O)N(C)Cc2ccccc2)cc1. The molecule has 2 unspecified atom stereocenters. The van der Waals surface area contributed by atoms with Crippen LogP contribution in [-0.4, -0.2) is 23.8 Å². The summed E-state index contributed by atoms with van der Waals surface area (Å²) in [7, 11) is 1.79. The van der Waals surface area contributed by atoms with E-state index in [1.807, 2.05) is 61.5 Å². The molecule has 0 spiro atoms. The van der Waals surface area contributed by atoms with Gasteiger partial charge in [0.2, 0.25) is 11.8 Å². The van der Waals surface area contributed by atoms with Gasteiger partial charge in [0.15, 0.2) is 0 Å². The Morgan fingerprint density at radius 2 is 1.71 bits per heavy atom. The zero-order valence-electron chi connectivity index (χ0n) is 14.0. The number of nitrogens with one attached hydrogen (secondary N) is 1. The summed E-state index contributed by atoms with van der Waals surface area (Å²) in [6.07, 6.45) is 0.635. The first kappa shape index (κ1) is 16.2. The zero-order valence-corrected chi connectivity index (χ0v) is 14.0. The third-order valence-electron chi connectivity index (χ3n) is 4.40. The highest BCUT2D eigenvalue weighted by Gasteiger charge is 2.49. The first-order valence-corrected chi connectivity index (χ1v) is 8.21. The Kier molecular flexibility index (Phi) is 4.65. The van der Waals surface area contributed by atoms with E-state index in [0.717, 1.165) is 16.8 Å². The van der Waals surface area contributed by atoms with Crippen molar-refractivity contribution in [1.82, 2.24) is 4.90 Å². The van der Waals surface area contributed by atoms with Crippen molar-refractivity contribution in [3.05, 3.63) is 65.7 Å². The molecule has 0 heterocycles. The van der Waals surface area contributed by atoms with Gasteiger partial charge >= 0.3 is 0 Å². The molecule has 2 aromatic carbocycles. The first-order valence-electron chi connectivity index (χ1n) is 8.21. The van der Waals surface area contributed by atoms with Gasteiger partial charge < -0.3 is 10.2 Å². The molecule has 1 fully saturated rings. The standard InChI is InChI=1S/C20H22N2O2/c1-14-8-10-16(11-9-14)21-19(23)17-12-18(17)20(24)22(2)13-15-6-4-3-5-7-15/h3-11,17-18H,12-13H2,1-2H3,(H,21,23). The van der Waals surface area contributed by atoms with Crippen LogP contribution in [0.4, 0.5) is 5.69 Å². The fraction of sp³-hybridized carbons (Fsp3) is 0.300. The van der Waals surface area contributed by atoms with Gasteiger partial charge in [0, 0.05) is 19.3 Å². The predicted octanol–water partition coefficient (Wildman–Crippen LogP) is 3.23. The predicted molar refractivity (Wildman–Crippen MR) is 94.3 cm³/mol. The van der Waals surface area contributed by atoms with Crippen molar-refractivity contribution < 1.29 is 9.59 Å². The van der Waals surface area contributed by atoms with E-state index in [-0.39, 0.29) is 23.7 Å². The van der Waals surface area contributed by atoms with Crippen molar-refractivity contribution >= 4 is 17.5 Å². The van der Waals surface area contributed by atoms with Crippen LogP contribution in [0.2, 0.25) is 0 Å². The van der Waals surface area contributed by atoms with Crippen LogP contribution in [0.15, 0.2) is 54.6 Å². The minimum absolute atomic E-state index is 0.0444. The van der Waals surface area contributed by atoms with Crippen LogP contribution in [0, 0.1) is 18.8 Å². The molecule has 2 amide bonds. The Bertz CT molecular complexity index is 725. The lowest BCUT2D eigenvalue weighted by atomic mass is 10.2. The molecule has 2 aromatic rings. The molecular weight excluding hydrogens is 300 g/mol. The van der Waals surface area contributed by atoms with E-state index in [1.165, 1.54) is 0 Å². The van der Waals surface area contributed by atoms with Gasteiger partial charge in [-0.3, -0.25) is 9.59 Å². The molecule has 124 valence electrons. The topological polar surface area (TPSA) is 49.4 Å². The smallest absolute Gasteiger partial charge is 0.228 e. The second-order valence-corrected chi connectivity index (χ2v) is 6.48. The Hall–Kier alpha value is -2.62. The number of anilines is 1. The molecule has 0 aliphatic heterocycles. The molecule has 0 aromatic heterocycles. The van der Waals surface area contributed by atoms with Crippen LogP contribution in [0.25, 0.3) is 0 Å². The van der Waals surface area contributed by atoms with Gasteiger partial charge in [0.25, 0.3) is 0 Å². The van der Waals surface area contributed by atoms with E-state index in [4.69, 9.17) is 0 Å². The third-order valence-corrected chi connectivity index (χ3v) is 4.40. The van der Waals surface area contributed by atoms with Crippen LogP contribution in [0.5, 0.6) is 0 Å². The fourth-order valence-electron chi connectivity index (χ4n) is 2.85. The van der Waals surface area contributed by atoms with Gasteiger partial charge in [-0.05, 0) is 31.0 Å². The molecule has 4 nitrogen and oxygen atoms in total. The number of amides is 2. The first-order chi connectivity index (χ1) is 11.5. The minimum Gasteiger partial charge on any atom is -0.341 e. The number of hydrogen-bond acceptors (Lipinski definition) is 2. The summed E-state index contributed by atoms with van der Waals surface area (Å²) in [6, 6.07) is 17.6. The summed E-state index contributed by atoms with van der Waals surface area (Å²) in [5.74, 6) is -0.422. The number of rotatable bonds is 5. The van der Waals surface area contributed by atoms with Gasteiger partial charge in [-0.1, -0.05) is 48.0 Å². The van der Waals surface area contributed by atoms with Gasteiger partial charge in [-0.15, -0.1) is 0 Å².